The molecule has 22 heavy (non-hydrogen) atoms. The van der Waals surface area contributed by atoms with Crippen LogP contribution in [-0.4, -0.2) is 49.2 Å². The quantitative estimate of drug-likeness (QED) is 0.932. The first-order valence-electron chi connectivity index (χ1n) is 7.82. The maximum absolute atomic E-state index is 12.6. The van der Waals surface area contributed by atoms with Crippen molar-refractivity contribution in [2.45, 2.75) is 52.1 Å². The second-order valence-corrected chi connectivity index (χ2v) is 5.97. The summed E-state index contributed by atoms with van der Waals surface area (Å²) in [6.45, 7) is 6.67. The third kappa shape index (κ3) is 2.88. The SMILES string of the molecule is Cc1nc2ccc(N[C@H](C)C(=O)N3CCCC[C@@H]3C)nn2n1. The summed E-state index contributed by atoms with van der Waals surface area (Å²) in [5.74, 6) is 1.43. The number of nitrogens with zero attached hydrogens (tertiary/aromatic N) is 5. The molecule has 7 nitrogen and oxygen atoms in total. The van der Waals surface area contributed by atoms with E-state index in [1.54, 1.807) is 0 Å². The number of anilines is 1. The summed E-state index contributed by atoms with van der Waals surface area (Å²) in [7, 11) is 0. The second-order valence-electron chi connectivity index (χ2n) is 5.97. The maximum atomic E-state index is 12.6. The van der Waals surface area contributed by atoms with Gasteiger partial charge < -0.3 is 10.2 Å². The van der Waals surface area contributed by atoms with Crippen LogP contribution in [0.1, 0.15) is 38.9 Å². The Labute approximate surface area is 129 Å². The predicted molar refractivity (Wildman–Crippen MR) is 83.6 cm³/mol. The zero-order chi connectivity index (χ0) is 15.7. The average Bonchev–Trinajstić information content (AvgIpc) is 2.86. The molecule has 7 heteroatoms. The molecule has 2 aromatic rings. The van der Waals surface area contributed by atoms with Gasteiger partial charge in [-0.05, 0) is 52.2 Å². The standard InChI is InChI=1S/C15H22N6O/c1-10-6-4-5-9-20(10)15(22)11(2)16-13-7-8-14-17-12(3)18-21(14)19-13/h7-8,10-11H,4-6,9H2,1-3H3,(H,16,19)/t10-,11+/m0/s1. The monoisotopic (exact) mass is 302 g/mol. The van der Waals surface area contributed by atoms with Gasteiger partial charge in [0.25, 0.3) is 0 Å². The lowest BCUT2D eigenvalue weighted by Gasteiger charge is -2.35. The maximum Gasteiger partial charge on any atom is 0.245 e. The molecule has 1 amide bonds. The van der Waals surface area contributed by atoms with Crippen LogP contribution in [0.2, 0.25) is 0 Å². The van der Waals surface area contributed by atoms with Gasteiger partial charge in [0.2, 0.25) is 5.91 Å². The molecule has 0 bridgehead atoms. The molecule has 0 saturated carbocycles. The van der Waals surface area contributed by atoms with E-state index in [1.807, 2.05) is 30.9 Å². The molecule has 0 aliphatic carbocycles. The number of carbonyl (C=O) groups is 1. The molecule has 3 rings (SSSR count). The number of carbonyl (C=O) groups excluding carboxylic acids is 1. The molecule has 1 aliphatic heterocycles. The van der Waals surface area contributed by atoms with E-state index >= 15 is 0 Å². The predicted octanol–water partition coefficient (Wildman–Crippen LogP) is 1.63. The molecule has 1 N–H and O–H groups in total. The Morgan fingerprint density at radius 3 is 2.95 bits per heavy atom. The minimum Gasteiger partial charge on any atom is -0.357 e. The summed E-state index contributed by atoms with van der Waals surface area (Å²) in [4.78, 5) is 18.8. The zero-order valence-electron chi connectivity index (χ0n) is 13.3. The lowest BCUT2D eigenvalue weighted by atomic mass is 10.0. The van der Waals surface area contributed by atoms with Gasteiger partial charge >= 0.3 is 0 Å². The van der Waals surface area contributed by atoms with Gasteiger partial charge in [0.05, 0.1) is 0 Å². The Bertz CT molecular complexity index is 682. The van der Waals surface area contributed by atoms with Crippen LogP contribution in [0.15, 0.2) is 12.1 Å². The highest BCUT2D eigenvalue weighted by Crippen LogP contribution is 2.18. The molecule has 0 spiro atoms. The van der Waals surface area contributed by atoms with Crippen LogP contribution in [0.3, 0.4) is 0 Å². The first-order chi connectivity index (χ1) is 10.5. The van der Waals surface area contributed by atoms with E-state index in [-0.39, 0.29) is 11.9 Å². The Hall–Kier alpha value is -2.18. The van der Waals surface area contributed by atoms with Crippen molar-refractivity contribution in [1.82, 2.24) is 24.7 Å². The first-order valence-corrected chi connectivity index (χ1v) is 7.82. The van der Waals surface area contributed by atoms with Crippen molar-refractivity contribution in [3.8, 4) is 0 Å². The molecule has 1 fully saturated rings. The summed E-state index contributed by atoms with van der Waals surface area (Å²) in [5.41, 5.74) is 0.701. The van der Waals surface area contributed by atoms with Crippen molar-refractivity contribution in [3.63, 3.8) is 0 Å². The summed E-state index contributed by atoms with van der Waals surface area (Å²) in [6, 6.07) is 3.68. The highest BCUT2D eigenvalue weighted by molar-refractivity contribution is 5.84. The number of nitrogens with one attached hydrogen (secondary N) is 1. The van der Waals surface area contributed by atoms with E-state index in [2.05, 4.69) is 27.4 Å². The van der Waals surface area contributed by atoms with E-state index in [9.17, 15) is 4.79 Å². The lowest BCUT2D eigenvalue weighted by Crippen LogP contribution is -2.48. The molecular weight excluding hydrogens is 280 g/mol. The molecule has 1 aliphatic rings. The summed E-state index contributed by atoms with van der Waals surface area (Å²) in [5, 5.41) is 11.7. The second kappa shape index (κ2) is 5.90. The number of hydrogen-bond donors (Lipinski definition) is 1. The molecule has 3 heterocycles. The number of likely N-dealkylation sites (tertiary alicyclic amines) is 1. The third-order valence-corrected chi connectivity index (χ3v) is 4.13. The number of aryl methyl sites for hydroxylation is 1. The number of amides is 1. The normalized spacial score (nSPS) is 20.1. The number of rotatable bonds is 3. The van der Waals surface area contributed by atoms with Gasteiger partial charge in [0.1, 0.15) is 17.7 Å². The average molecular weight is 302 g/mol. The highest BCUT2D eigenvalue weighted by Gasteiger charge is 2.27. The fourth-order valence-electron chi connectivity index (χ4n) is 2.92. The molecule has 2 atom stereocenters. The van der Waals surface area contributed by atoms with Crippen LogP contribution >= 0.6 is 0 Å². The number of hydrogen-bond acceptors (Lipinski definition) is 5. The third-order valence-electron chi connectivity index (χ3n) is 4.13. The Balaban J connectivity index is 1.71. The van der Waals surface area contributed by atoms with E-state index < -0.39 is 0 Å². The summed E-state index contributed by atoms with van der Waals surface area (Å²) in [6.07, 6.45) is 3.38. The molecular formula is C15H22N6O. The van der Waals surface area contributed by atoms with Crippen LogP contribution < -0.4 is 5.32 Å². The summed E-state index contributed by atoms with van der Waals surface area (Å²) >= 11 is 0. The van der Waals surface area contributed by atoms with Crippen molar-refractivity contribution >= 4 is 17.4 Å². The first kappa shape index (κ1) is 14.7. The van der Waals surface area contributed by atoms with Crippen LogP contribution in [0.4, 0.5) is 5.82 Å². The van der Waals surface area contributed by atoms with Gasteiger partial charge in [-0.25, -0.2) is 4.98 Å². The van der Waals surface area contributed by atoms with Gasteiger partial charge in [-0.15, -0.1) is 14.8 Å². The van der Waals surface area contributed by atoms with Gasteiger partial charge in [0, 0.05) is 12.6 Å². The fourth-order valence-corrected chi connectivity index (χ4v) is 2.92. The molecule has 0 radical (unpaired) electrons. The van der Waals surface area contributed by atoms with Crippen LogP contribution in [-0.2, 0) is 4.79 Å². The van der Waals surface area contributed by atoms with Crippen molar-refractivity contribution in [1.29, 1.82) is 0 Å². The van der Waals surface area contributed by atoms with Gasteiger partial charge in [-0.2, -0.15) is 0 Å². The number of piperidine rings is 1. The summed E-state index contributed by atoms with van der Waals surface area (Å²) < 4.78 is 1.48. The highest BCUT2D eigenvalue weighted by atomic mass is 16.2. The van der Waals surface area contributed by atoms with E-state index in [0.29, 0.717) is 23.3 Å². The number of aromatic nitrogens is 4. The molecule has 0 unspecified atom stereocenters. The van der Waals surface area contributed by atoms with Gasteiger partial charge in [0.15, 0.2) is 5.65 Å². The Kier molecular flexibility index (Phi) is 3.96. The minimum absolute atomic E-state index is 0.129. The Morgan fingerprint density at radius 2 is 2.18 bits per heavy atom. The van der Waals surface area contributed by atoms with E-state index in [1.165, 1.54) is 11.1 Å². The van der Waals surface area contributed by atoms with Gasteiger partial charge in [-0.3, -0.25) is 4.79 Å². The number of fused-ring (bicyclic) bond motifs is 1. The minimum atomic E-state index is -0.310. The van der Waals surface area contributed by atoms with Gasteiger partial charge in [-0.1, -0.05) is 0 Å². The largest absolute Gasteiger partial charge is 0.357 e. The lowest BCUT2D eigenvalue weighted by molar-refractivity contribution is -0.134. The van der Waals surface area contributed by atoms with E-state index in [0.717, 1.165) is 19.4 Å². The molecule has 0 aromatic carbocycles. The van der Waals surface area contributed by atoms with Crippen molar-refractivity contribution in [3.05, 3.63) is 18.0 Å². The molecule has 118 valence electrons. The van der Waals surface area contributed by atoms with Crippen molar-refractivity contribution < 1.29 is 4.79 Å². The van der Waals surface area contributed by atoms with Crippen LogP contribution in [0.25, 0.3) is 5.65 Å². The molecule has 1 saturated heterocycles. The van der Waals surface area contributed by atoms with Crippen molar-refractivity contribution in [2.24, 2.45) is 0 Å². The molecule has 2 aromatic heterocycles. The van der Waals surface area contributed by atoms with Crippen LogP contribution in [0.5, 0.6) is 0 Å². The van der Waals surface area contributed by atoms with Crippen molar-refractivity contribution in [2.75, 3.05) is 11.9 Å². The smallest absolute Gasteiger partial charge is 0.245 e. The van der Waals surface area contributed by atoms with Crippen LogP contribution in [0, 0.1) is 6.92 Å². The fraction of sp³-hybridized carbons (Fsp3) is 0.600. The topological polar surface area (TPSA) is 75.4 Å². The zero-order valence-corrected chi connectivity index (χ0v) is 13.3. The Morgan fingerprint density at radius 1 is 1.36 bits per heavy atom. The van der Waals surface area contributed by atoms with E-state index in [4.69, 9.17) is 0 Å².